The van der Waals surface area contributed by atoms with Crippen molar-refractivity contribution in [2.75, 3.05) is 5.88 Å². The first-order valence-corrected chi connectivity index (χ1v) is 6.23. The third-order valence-electron chi connectivity index (χ3n) is 2.75. The molecule has 100 valence electrons. The molecule has 1 N–H and O–H groups in total. The highest BCUT2D eigenvalue weighted by molar-refractivity contribution is 6.27. The zero-order valence-electron chi connectivity index (χ0n) is 10.3. The van der Waals surface area contributed by atoms with Crippen LogP contribution in [0.5, 0.6) is 0 Å². The van der Waals surface area contributed by atoms with Crippen LogP contribution in [0.15, 0.2) is 36.7 Å². The fraction of sp³-hybridized carbons (Fsp3) is 0.231. The molecule has 0 fully saturated rings. The number of aromatic nitrogens is 2. The van der Waals surface area contributed by atoms with E-state index in [1.54, 1.807) is 29.1 Å². The summed E-state index contributed by atoms with van der Waals surface area (Å²) in [6.45, 7) is 0. The van der Waals surface area contributed by atoms with Gasteiger partial charge in [-0.1, -0.05) is 12.1 Å². The van der Waals surface area contributed by atoms with Crippen molar-refractivity contribution in [3.05, 3.63) is 53.9 Å². The Morgan fingerprint density at radius 1 is 1.47 bits per heavy atom. The van der Waals surface area contributed by atoms with E-state index in [-0.39, 0.29) is 17.6 Å². The average molecular weight is 282 g/mol. The van der Waals surface area contributed by atoms with Crippen molar-refractivity contribution >= 4 is 17.5 Å². The van der Waals surface area contributed by atoms with E-state index >= 15 is 0 Å². The van der Waals surface area contributed by atoms with Gasteiger partial charge in [-0.25, -0.2) is 9.37 Å². The lowest BCUT2D eigenvalue weighted by Gasteiger charge is -2.18. The van der Waals surface area contributed by atoms with Crippen molar-refractivity contribution in [3.63, 3.8) is 0 Å². The number of amides is 1. The topological polar surface area (TPSA) is 46.9 Å². The Balaban J connectivity index is 2.37. The van der Waals surface area contributed by atoms with Gasteiger partial charge >= 0.3 is 0 Å². The molecule has 19 heavy (non-hydrogen) atoms. The normalized spacial score (nSPS) is 12.2. The zero-order chi connectivity index (χ0) is 13.8. The molecule has 4 nitrogen and oxygen atoms in total. The Morgan fingerprint density at radius 2 is 2.16 bits per heavy atom. The molecular formula is C13H13ClFN3O. The molecule has 0 saturated carbocycles. The molecule has 1 amide bonds. The first-order chi connectivity index (χ1) is 9.11. The predicted molar refractivity (Wildman–Crippen MR) is 70.3 cm³/mol. The van der Waals surface area contributed by atoms with E-state index < -0.39 is 6.04 Å². The molecule has 0 spiro atoms. The van der Waals surface area contributed by atoms with Crippen LogP contribution in [0.2, 0.25) is 0 Å². The Morgan fingerprint density at radius 3 is 2.68 bits per heavy atom. The molecule has 1 atom stereocenters. The number of carbonyl (C=O) groups is 1. The highest BCUT2D eigenvalue weighted by Crippen LogP contribution is 2.20. The first-order valence-electron chi connectivity index (χ1n) is 5.70. The summed E-state index contributed by atoms with van der Waals surface area (Å²) in [5.41, 5.74) is 0.745. The third-order valence-corrected chi connectivity index (χ3v) is 2.99. The van der Waals surface area contributed by atoms with E-state index in [4.69, 9.17) is 11.6 Å². The summed E-state index contributed by atoms with van der Waals surface area (Å²) < 4.78 is 14.8. The summed E-state index contributed by atoms with van der Waals surface area (Å²) in [5, 5.41) is 2.77. The second kappa shape index (κ2) is 5.84. The fourth-order valence-electron chi connectivity index (χ4n) is 1.81. The molecule has 0 radical (unpaired) electrons. The average Bonchev–Trinajstić information content (AvgIpc) is 2.83. The Hall–Kier alpha value is -1.88. The number of nitrogens with one attached hydrogen (secondary N) is 1. The van der Waals surface area contributed by atoms with Gasteiger partial charge in [0.05, 0.1) is 0 Å². The first kappa shape index (κ1) is 13.5. The second-order valence-corrected chi connectivity index (χ2v) is 4.35. The molecule has 0 unspecified atom stereocenters. The van der Waals surface area contributed by atoms with E-state index in [0.29, 0.717) is 5.82 Å². The van der Waals surface area contributed by atoms with Gasteiger partial charge in [0.25, 0.3) is 0 Å². The van der Waals surface area contributed by atoms with Crippen LogP contribution in [0.3, 0.4) is 0 Å². The molecule has 0 aliphatic rings. The minimum absolute atomic E-state index is 0.137. The molecule has 0 aliphatic carbocycles. The smallest absolute Gasteiger partial charge is 0.235 e. The molecule has 1 aromatic carbocycles. The Kier molecular flexibility index (Phi) is 4.16. The predicted octanol–water partition coefficient (Wildman–Crippen LogP) is 2.00. The Bertz CT molecular complexity index is 568. The number of rotatable bonds is 4. The highest BCUT2D eigenvalue weighted by atomic mass is 35.5. The maximum absolute atomic E-state index is 13.0. The molecule has 0 aliphatic heterocycles. The molecule has 6 heteroatoms. The summed E-state index contributed by atoms with van der Waals surface area (Å²) in [6.07, 6.45) is 3.41. The number of alkyl halides is 1. The molecule has 0 bridgehead atoms. The monoisotopic (exact) mass is 281 g/mol. The van der Waals surface area contributed by atoms with E-state index in [1.807, 2.05) is 7.05 Å². The highest BCUT2D eigenvalue weighted by Gasteiger charge is 2.20. The SMILES string of the molecule is Cn1ccnc1[C@@H](NC(=O)CCl)c1ccc(F)cc1. The lowest BCUT2D eigenvalue weighted by Crippen LogP contribution is -2.31. The third kappa shape index (κ3) is 3.12. The summed E-state index contributed by atoms with van der Waals surface area (Å²) in [6, 6.07) is 5.47. The molecule has 2 rings (SSSR count). The maximum atomic E-state index is 13.0. The van der Waals surface area contributed by atoms with E-state index in [1.165, 1.54) is 12.1 Å². The van der Waals surface area contributed by atoms with Gasteiger partial charge in [0.15, 0.2) is 0 Å². The summed E-state index contributed by atoms with van der Waals surface area (Å²) in [5.74, 6) is -0.114. The second-order valence-electron chi connectivity index (χ2n) is 4.08. The van der Waals surface area contributed by atoms with Gasteiger partial charge in [-0.05, 0) is 17.7 Å². The van der Waals surface area contributed by atoms with Crippen molar-refractivity contribution in [1.82, 2.24) is 14.9 Å². The molecule has 2 aromatic rings. The number of imidazole rings is 1. The van der Waals surface area contributed by atoms with Crippen LogP contribution in [-0.4, -0.2) is 21.3 Å². The van der Waals surface area contributed by atoms with Crippen LogP contribution < -0.4 is 5.32 Å². The van der Waals surface area contributed by atoms with Crippen molar-refractivity contribution in [1.29, 1.82) is 0 Å². The van der Waals surface area contributed by atoms with Gasteiger partial charge in [0, 0.05) is 19.4 Å². The van der Waals surface area contributed by atoms with Crippen LogP contribution in [0.1, 0.15) is 17.4 Å². The number of carbonyl (C=O) groups excluding carboxylic acids is 1. The quantitative estimate of drug-likeness (QED) is 0.872. The minimum Gasteiger partial charge on any atom is -0.341 e. The van der Waals surface area contributed by atoms with Crippen LogP contribution in [0.4, 0.5) is 4.39 Å². The van der Waals surface area contributed by atoms with Crippen LogP contribution in [0, 0.1) is 5.82 Å². The summed E-state index contributed by atoms with van der Waals surface area (Å²) in [7, 11) is 1.83. The van der Waals surface area contributed by atoms with E-state index in [9.17, 15) is 9.18 Å². The number of hydrogen-bond donors (Lipinski definition) is 1. The molecular weight excluding hydrogens is 269 g/mol. The summed E-state index contributed by atoms with van der Waals surface area (Å²) >= 11 is 5.51. The number of hydrogen-bond acceptors (Lipinski definition) is 2. The van der Waals surface area contributed by atoms with E-state index in [0.717, 1.165) is 5.56 Å². The van der Waals surface area contributed by atoms with Gasteiger partial charge in [-0.2, -0.15) is 0 Å². The van der Waals surface area contributed by atoms with Crippen LogP contribution >= 0.6 is 11.6 Å². The lowest BCUT2D eigenvalue weighted by molar-refractivity contribution is -0.119. The maximum Gasteiger partial charge on any atom is 0.235 e. The molecule has 1 heterocycles. The van der Waals surface area contributed by atoms with Crippen molar-refractivity contribution in [2.24, 2.45) is 7.05 Å². The standard InChI is InChI=1S/C13H13ClFN3O/c1-18-7-6-16-13(18)12(17-11(19)8-14)9-2-4-10(15)5-3-9/h2-7,12H,8H2,1H3,(H,17,19)/t12-/m0/s1. The van der Waals surface area contributed by atoms with Crippen molar-refractivity contribution in [2.45, 2.75) is 6.04 Å². The molecule has 0 saturated heterocycles. The van der Waals surface area contributed by atoms with Crippen LogP contribution in [-0.2, 0) is 11.8 Å². The Labute approximate surface area is 115 Å². The minimum atomic E-state index is -0.452. The van der Waals surface area contributed by atoms with Crippen molar-refractivity contribution in [3.8, 4) is 0 Å². The van der Waals surface area contributed by atoms with Gasteiger partial charge in [0.1, 0.15) is 23.6 Å². The van der Waals surface area contributed by atoms with Gasteiger partial charge < -0.3 is 9.88 Å². The zero-order valence-corrected chi connectivity index (χ0v) is 11.1. The fourth-order valence-corrected chi connectivity index (χ4v) is 1.88. The van der Waals surface area contributed by atoms with Crippen LogP contribution in [0.25, 0.3) is 0 Å². The lowest BCUT2D eigenvalue weighted by atomic mass is 10.1. The molecule has 1 aromatic heterocycles. The summed E-state index contributed by atoms with van der Waals surface area (Å²) in [4.78, 5) is 15.7. The van der Waals surface area contributed by atoms with Gasteiger partial charge in [-0.3, -0.25) is 4.79 Å². The largest absolute Gasteiger partial charge is 0.341 e. The van der Waals surface area contributed by atoms with Gasteiger partial charge in [-0.15, -0.1) is 11.6 Å². The van der Waals surface area contributed by atoms with E-state index in [2.05, 4.69) is 10.3 Å². The number of nitrogens with zero attached hydrogens (tertiary/aromatic N) is 2. The number of aryl methyl sites for hydroxylation is 1. The number of halogens is 2. The van der Waals surface area contributed by atoms with Gasteiger partial charge in [0.2, 0.25) is 5.91 Å². The van der Waals surface area contributed by atoms with Crippen molar-refractivity contribution < 1.29 is 9.18 Å². The number of benzene rings is 1.